The lowest BCUT2D eigenvalue weighted by Gasteiger charge is -2.28. The summed E-state index contributed by atoms with van der Waals surface area (Å²) in [4.78, 5) is 0. The maximum atomic E-state index is 6.15. The van der Waals surface area contributed by atoms with E-state index in [0.717, 1.165) is 45.0 Å². The molecule has 0 fully saturated rings. The molecule has 122 valence electrons. The van der Waals surface area contributed by atoms with E-state index in [4.69, 9.17) is 8.85 Å². The Morgan fingerprint density at radius 3 is 1.05 bits per heavy atom. The van der Waals surface area contributed by atoms with Gasteiger partial charge in [0.2, 0.25) is 0 Å². The Kier molecular flexibility index (Phi) is 10.6. The van der Waals surface area contributed by atoms with Crippen LogP contribution in [0.25, 0.3) is 0 Å². The van der Waals surface area contributed by atoms with Crippen LogP contribution in [-0.2, 0) is 8.85 Å². The van der Waals surface area contributed by atoms with Gasteiger partial charge in [-0.25, -0.2) is 0 Å². The number of hydrogen-bond acceptors (Lipinski definition) is 2. The highest BCUT2D eigenvalue weighted by atomic mass is 28.2. The molecule has 0 saturated carbocycles. The summed E-state index contributed by atoms with van der Waals surface area (Å²) < 4.78 is 12.3. The van der Waals surface area contributed by atoms with Crippen LogP contribution >= 0.6 is 0 Å². The molecular formula is C15H38O2Si3. The molecule has 0 saturated heterocycles. The first kappa shape index (κ1) is 20.6. The molecule has 0 amide bonds. The van der Waals surface area contributed by atoms with Crippen molar-refractivity contribution < 1.29 is 8.85 Å². The second kappa shape index (κ2) is 10.3. The smallest absolute Gasteiger partial charge is 0.168 e. The fourth-order valence-corrected chi connectivity index (χ4v) is 6.92. The van der Waals surface area contributed by atoms with Crippen molar-refractivity contribution in [2.24, 2.45) is 23.7 Å². The van der Waals surface area contributed by atoms with E-state index in [1.54, 1.807) is 0 Å². The molecule has 0 atom stereocenters. The molecule has 2 nitrogen and oxygen atoms in total. The van der Waals surface area contributed by atoms with Gasteiger partial charge in [-0.3, -0.25) is 0 Å². The molecule has 0 rings (SSSR count). The van der Waals surface area contributed by atoms with Crippen molar-refractivity contribution in [2.45, 2.75) is 72.4 Å². The summed E-state index contributed by atoms with van der Waals surface area (Å²) in [6, 6.07) is 0. The topological polar surface area (TPSA) is 18.5 Å². The summed E-state index contributed by atoms with van der Waals surface area (Å²) in [7, 11) is 0.0709. The van der Waals surface area contributed by atoms with Gasteiger partial charge in [-0.2, -0.15) is 0 Å². The molecule has 0 aliphatic rings. The van der Waals surface area contributed by atoms with E-state index in [-0.39, 0.29) is 5.91 Å². The SMILES string of the molecule is CC(C)C([SiH2]OC([SiH3])O[SiH2]C(C(C)C)C(C)C)C(C)C. The summed E-state index contributed by atoms with van der Waals surface area (Å²) in [5.41, 5.74) is 1.56. The zero-order chi connectivity index (χ0) is 15.9. The fraction of sp³-hybridized carbons (Fsp3) is 1.00. The second-order valence-electron chi connectivity index (χ2n) is 7.54. The van der Waals surface area contributed by atoms with Crippen LogP contribution in [0.4, 0.5) is 0 Å². The van der Waals surface area contributed by atoms with Gasteiger partial charge in [0.25, 0.3) is 0 Å². The summed E-state index contributed by atoms with van der Waals surface area (Å²) in [6.07, 6.45) is 0. The quantitative estimate of drug-likeness (QED) is 0.450. The Bertz CT molecular complexity index is 205. The Balaban J connectivity index is 4.13. The van der Waals surface area contributed by atoms with Gasteiger partial charge in [-0.05, 0) is 34.8 Å². The Labute approximate surface area is 135 Å². The average Bonchev–Trinajstić information content (AvgIpc) is 2.27. The molecule has 0 radical (unpaired) electrons. The first-order valence-corrected chi connectivity index (χ1v) is 12.3. The lowest BCUT2D eigenvalue weighted by molar-refractivity contribution is 0.0762. The second-order valence-corrected chi connectivity index (χ2v) is 11.7. The molecule has 5 heteroatoms. The highest BCUT2D eigenvalue weighted by Gasteiger charge is 2.22. The molecule has 20 heavy (non-hydrogen) atoms. The monoisotopic (exact) mass is 334 g/mol. The van der Waals surface area contributed by atoms with Crippen LogP contribution in [0.1, 0.15) is 55.4 Å². The van der Waals surface area contributed by atoms with Crippen molar-refractivity contribution in [3.8, 4) is 0 Å². The maximum absolute atomic E-state index is 6.15. The van der Waals surface area contributed by atoms with Crippen LogP contribution in [0, 0.1) is 23.7 Å². The Morgan fingerprint density at radius 2 is 0.850 bits per heavy atom. The van der Waals surface area contributed by atoms with Crippen molar-refractivity contribution in [1.82, 2.24) is 0 Å². The normalized spacial score (nSPS) is 15.9. The highest BCUT2D eigenvalue weighted by molar-refractivity contribution is 6.33. The molecule has 0 aromatic carbocycles. The van der Waals surface area contributed by atoms with Gasteiger partial charge >= 0.3 is 0 Å². The summed E-state index contributed by atoms with van der Waals surface area (Å²) in [6.45, 7) is 18.6. The maximum Gasteiger partial charge on any atom is 0.168 e. The molecule has 0 aliphatic heterocycles. The van der Waals surface area contributed by atoms with E-state index in [1.807, 2.05) is 0 Å². The van der Waals surface area contributed by atoms with Crippen LogP contribution in [0.5, 0.6) is 0 Å². The lowest BCUT2D eigenvalue weighted by Crippen LogP contribution is -2.29. The van der Waals surface area contributed by atoms with Gasteiger partial charge in [0.15, 0.2) is 19.5 Å². The summed E-state index contributed by atoms with van der Waals surface area (Å²) in [5, 5.41) is 0. The zero-order valence-electron chi connectivity index (χ0n) is 15.3. The third-order valence-electron chi connectivity index (χ3n) is 4.47. The number of rotatable bonds is 10. The van der Waals surface area contributed by atoms with Gasteiger partial charge in [-0.15, -0.1) is 0 Å². The predicted molar refractivity (Wildman–Crippen MR) is 99.8 cm³/mol. The molecule has 0 spiro atoms. The van der Waals surface area contributed by atoms with Crippen LogP contribution < -0.4 is 0 Å². The van der Waals surface area contributed by atoms with Gasteiger partial charge in [0.05, 0.1) is 10.2 Å². The largest absolute Gasteiger partial charge is 0.404 e. The third-order valence-corrected chi connectivity index (χ3v) is 12.3. The lowest BCUT2D eigenvalue weighted by atomic mass is 10.00. The minimum absolute atomic E-state index is 0.160. The van der Waals surface area contributed by atoms with Gasteiger partial charge in [0.1, 0.15) is 5.91 Å². The van der Waals surface area contributed by atoms with Crippen molar-refractivity contribution in [1.29, 1.82) is 0 Å². The van der Waals surface area contributed by atoms with E-state index in [1.165, 1.54) is 0 Å². The number of hydrogen-bond donors (Lipinski definition) is 0. The standard InChI is InChI=1S/C15H38O2Si3/c1-9(2)13(10(3)4)19-16-15(18)17-20-14(11(5)6)12(7)8/h9-15H,19-20H2,1-8,18H3. The van der Waals surface area contributed by atoms with Gasteiger partial charge < -0.3 is 8.85 Å². The van der Waals surface area contributed by atoms with Gasteiger partial charge in [-0.1, -0.05) is 55.4 Å². The Hall–Kier alpha value is 0.571. The summed E-state index contributed by atoms with van der Waals surface area (Å²) >= 11 is 0. The van der Waals surface area contributed by atoms with E-state index in [9.17, 15) is 0 Å². The van der Waals surface area contributed by atoms with Crippen molar-refractivity contribution >= 4 is 29.8 Å². The first-order valence-electron chi connectivity index (χ1n) is 8.39. The molecular weight excluding hydrogens is 296 g/mol. The molecule has 0 aromatic heterocycles. The van der Waals surface area contributed by atoms with Crippen molar-refractivity contribution in [3.05, 3.63) is 0 Å². The highest BCUT2D eigenvalue weighted by Crippen LogP contribution is 2.27. The van der Waals surface area contributed by atoms with E-state index in [2.05, 4.69) is 55.4 Å². The Morgan fingerprint density at radius 1 is 0.600 bits per heavy atom. The zero-order valence-corrected chi connectivity index (χ0v) is 20.1. The minimum atomic E-state index is -0.469. The van der Waals surface area contributed by atoms with Crippen molar-refractivity contribution in [2.75, 3.05) is 0 Å². The fourth-order valence-electron chi connectivity index (χ4n) is 2.85. The van der Waals surface area contributed by atoms with E-state index >= 15 is 0 Å². The molecule has 0 unspecified atom stereocenters. The third kappa shape index (κ3) is 8.12. The molecule has 0 aliphatic carbocycles. The molecule has 0 aromatic rings. The van der Waals surface area contributed by atoms with Crippen molar-refractivity contribution in [3.63, 3.8) is 0 Å². The van der Waals surface area contributed by atoms with Crippen LogP contribution in [0.15, 0.2) is 0 Å². The molecule has 0 heterocycles. The minimum Gasteiger partial charge on any atom is -0.404 e. The van der Waals surface area contributed by atoms with E-state index < -0.39 is 19.5 Å². The predicted octanol–water partition coefficient (Wildman–Crippen LogP) is 2.04. The van der Waals surface area contributed by atoms with E-state index in [0.29, 0.717) is 0 Å². The molecule has 0 N–H and O–H groups in total. The average molecular weight is 335 g/mol. The summed E-state index contributed by atoms with van der Waals surface area (Å²) in [5.74, 6) is 3.13. The first-order chi connectivity index (χ1) is 9.16. The van der Waals surface area contributed by atoms with Crippen LogP contribution in [-0.4, -0.2) is 35.7 Å². The molecule has 0 bridgehead atoms. The van der Waals surface area contributed by atoms with Crippen LogP contribution in [0.3, 0.4) is 0 Å². The van der Waals surface area contributed by atoms with Crippen LogP contribution in [0.2, 0.25) is 11.1 Å². The van der Waals surface area contributed by atoms with Gasteiger partial charge in [0, 0.05) is 0 Å².